The fraction of sp³-hybridized carbons (Fsp3) is 0.0909. The standard InChI is InChI=1S/C11H9NO5/c1-2-17-11(14)7-10(13)8-3-5-9(6-4-8)12(15)16/h2-6H,1,7H2. The van der Waals surface area contributed by atoms with E-state index in [1.807, 2.05) is 0 Å². The summed E-state index contributed by atoms with van der Waals surface area (Å²) >= 11 is 0. The Labute approximate surface area is 96.7 Å². The van der Waals surface area contributed by atoms with Gasteiger partial charge in [-0.05, 0) is 12.1 Å². The van der Waals surface area contributed by atoms with E-state index in [0.29, 0.717) is 0 Å². The molecule has 1 rings (SSSR count). The van der Waals surface area contributed by atoms with Gasteiger partial charge in [0.1, 0.15) is 6.42 Å². The van der Waals surface area contributed by atoms with Crippen molar-refractivity contribution in [1.82, 2.24) is 0 Å². The SMILES string of the molecule is C=COC(=O)CC(=O)c1ccc([N+](=O)[O-])cc1. The van der Waals surface area contributed by atoms with Crippen LogP contribution in [0.1, 0.15) is 16.8 Å². The maximum absolute atomic E-state index is 11.5. The van der Waals surface area contributed by atoms with Gasteiger partial charge in [-0.2, -0.15) is 0 Å². The predicted molar refractivity (Wildman–Crippen MR) is 58.3 cm³/mol. The molecule has 0 N–H and O–H groups in total. The van der Waals surface area contributed by atoms with Gasteiger partial charge >= 0.3 is 5.97 Å². The van der Waals surface area contributed by atoms with Gasteiger partial charge in [0.2, 0.25) is 0 Å². The van der Waals surface area contributed by atoms with Crippen molar-refractivity contribution in [2.45, 2.75) is 6.42 Å². The first-order valence-electron chi connectivity index (χ1n) is 4.62. The van der Waals surface area contributed by atoms with E-state index in [1.165, 1.54) is 24.3 Å². The Morgan fingerprint density at radius 3 is 2.41 bits per heavy atom. The Balaban J connectivity index is 2.73. The van der Waals surface area contributed by atoms with Gasteiger partial charge in [-0.25, -0.2) is 0 Å². The number of nitro benzene ring substituents is 1. The first-order valence-corrected chi connectivity index (χ1v) is 4.62. The zero-order chi connectivity index (χ0) is 12.8. The van der Waals surface area contributed by atoms with Crippen LogP contribution in [0.2, 0.25) is 0 Å². The molecular weight excluding hydrogens is 226 g/mol. The number of ether oxygens (including phenoxy) is 1. The summed E-state index contributed by atoms with van der Waals surface area (Å²) in [5, 5.41) is 10.4. The van der Waals surface area contributed by atoms with Crippen LogP contribution >= 0.6 is 0 Å². The molecule has 0 aliphatic heterocycles. The molecule has 0 saturated carbocycles. The zero-order valence-electron chi connectivity index (χ0n) is 8.79. The van der Waals surface area contributed by atoms with Gasteiger partial charge < -0.3 is 4.74 Å². The monoisotopic (exact) mass is 235 g/mol. The van der Waals surface area contributed by atoms with E-state index in [0.717, 1.165) is 6.26 Å². The van der Waals surface area contributed by atoms with Crippen LogP contribution in [-0.4, -0.2) is 16.7 Å². The molecule has 0 atom stereocenters. The van der Waals surface area contributed by atoms with Crippen molar-refractivity contribution in [1.29, 1.82) is 0 Å². The summed E-state index contributed by atoms with van der Waals surface area (Å²) in [7, 11) is 0. The second-order valence-electron chi connectivity index (χ2n) is 3.06. The number of non-ortho nitro benzene ring substituents is 1. The summed E-state index contributed by atoms with van der Waals surface area (Å²) in [5.74, 6) is -1.19. The lowest BCUT2D eigenvalue weighted by Gasteiger charge is -1.99. The topological polar surface area (TPSA) is 86.5 Å². The molecule has 88 valence electrons. The number of carbonyl (C=O) groups is 2. The Kier molecular flexibility index (Phi) is 4.10. The van der Waals surface area contributed by atoms with E-state index in [9.17, 15) is 19.7 Å². The van der Waals surface area contributed by atoms with Gasteiger partial charge in [0.05, 0.1) is 11.2 Å². The highest BCUT2D eigenvalue weighted by atomic mass is 16.6. The molecular formula is C11H9NO5. The number of rotatable bonds is 5. The second kappa shape index (κ2) is 5.55. The second-order valence-corrected chi connectivity index (χ2v) is 3.06. The summed E-state index contributed by atoms with van der Waals surface area (Å²) < 4.78 is 4.39. The first-order chi connectivity index (χ1) is 8.04. The molecule has 0 spiro atoms. The van der Waals surface area contributed by atoms with Crippen molar-refractivity contribution in [3.63, 3.8) is 0 Å². The highest BCUT2D eigenvalue weighted by molar-refractivity contribution is 6.06. The van der Waals surface area contributed by atoms with Crippen LogP contribution in [0.4, 0.5) is 5.69 Å². The van der Waals surface area contributed by atoms with Crippen molar-refractivity contribution < 1.29 is 19.2 Å². The third kappa shape index (κ3) is 3.53. The van der Waals surface area contributed by atoms with Gasteiger partial charge in [0.25, 0.3) is 5.69 Å². The molecule has 0 unspecified atom stereocenters. The quantitative estimate of drug-likeness (QED) is 0.194. The molecule has 0 bridgehead atoms. The predicted octanol–water partition coefficient (Wildman–Crippen LogP) is 1.85. The lowest BCUT2D eigenvalue weighted by atomic mass is 10.1. The van der Waals surface area contributed by atoms with E-state index < -0.39 is 23.1 Å². The molecule has 0 fully saturated rings. The maximum Gasteiger partial charge on any atom is 0.318 e. The molecule has 0 aromatic heterocycles. The van der Waals surface area contributed by atoms with Crippen LogP contribution in [0.15, 0.2) is 37.1 Å². The minimum Gasteiger partial charge on any atom is -0.435 e. The highest BCUT2D eigenvalue weighted by Crippen LogP contribution is 2.13. The van der Waals surface area contributed by atoms with Crippen molar-refractivity contribution in [2.24, 2.45) is 0 Å². The summed E-state index contributed by atoms with van der Waals surface area (Å²) in [6.45, 7) is 3.18. The average molecular weight is 235 g/mol. The molecule has 17 heavy (non-hydrogen) atoms. The minimum absolute atomic E-state index is 0.116. The molecule has 0 amide bonds. The number of ketones is 1. The molecule has 0 aliphatic rings. The maximum atomic E-state index is 11.5. The Morgan fingerprint density at radius 1 is 1.35 bits per heavy atom. The first kappa shape index (κ1) is 12.6. The van der Waals surface area contributed by atoms with Crippen molar-refractivity contribution >= 4 is 17.4 Å². The van der Waals surface area contributed by atoms with E-state index in [4.69, 9.17) is 0 Å². The van der Waals surface area contributed by atoms with Gasteiger partial charge in [-0.3, -0.25) is 19.7 Å². The Bertz CT molecular complexity index is 463. The van der Waals surface area contributed by atoms with Crippen LogP contribution in [0.3, 0.4) is 0 Å². The average Bonchev–Trinajstić information content (AvgIpc) is 2.29. The number of nitro groups is 1. The number of benzene rings is 1. The summed E-state index contributed by atoms with van der Waals surface area (Å²) in [4.78, 5) is 32.3. The van der Waals surface area contributed by atoms with Crippen LogP contribution in [0.5, 0.6) is 0 Å². The number of carbonyl (C=O) groups excluding carboxylic acids is 2. The molecule has 0 radical (unpaired) electrons. The van der Waals surface area contributed by atoms with Gasteiger partial charge in [-0.15, -0.1) is 0 Å². The third-order valence-electron chi connectivity index (χ3n) is 1.92. The largest absolute Gasteiger partial charge is 0.435 e. The number of hydrogen-bond donors (Lipinski definition) is 0. The van der Waals surface area contributed by atoms with Gasteiger partial charge in [0, 0.05) is 17.7 Å². The van der Waals surface area contributed by atoms with E-state index in [1.54, 1.807) is 0 Å². The van der Waals surface area contributed by atoms with E-state index >= 15 is 0 Å². The number of nitrogens with zero attached hydrogens (tertiary/aromatic N) is 1. The fourth-order valence-corrected chi connectivity index (χ4v) is 1.14. The number of esters is 1. The van der Waals surface area contributed by atoms with Crippen LogP contribution < -0.4 is 0 Å². The normalized spacial score (nSPS) is 9.41. The molecule has 6 nitrogen and oxygen atoms in total. The third-order valence-corrected chi connectivity index (χ3v) is 1.92. The summed E-state index contributed by atoms with van der Waals surface area (Å²) in [5.41, 5.74) is 0.104. The molecule has 0 heterocycles. The van der Waals surface area contributed by atoms with Crippen molar-refractivity contribution in [3.05, 3.63) is 52.8 Å². The lowest BCUT2D eigenvalue weighted by molar-refractivity contribution is -0.384. The smallest absolute Gasteiger partial charge is 0.318 e. The van der Waals surface area contributed by atoms with Crippen LogP contribution in [0.25, 0.3) is 0 Å². The molecule has 0 aliphatic carbocycles. The molecule has 0 saturated heterocycles. The van der Waals surface area contributed by atoms with Crippen LogP contribution in [-0.2, 0) is 9.53 Å². The zero-order valence-corrected chi connectivity index (χ0v) is 8.79. The number of hydrogen-bond acceptors (Lipinski definition) is 5. The van der Waals surface area contributed by atoms with Gasteiger partial charge in [-0.1, -0.05) is 6.58 Å². The fourth-order valence-electron chi connectivity index (χ4n) is 1.14. The number of Topliss-reactive ketones (excluding diaryl/α,β-unsaturated/α-hetero) is 1. The summed E-state index contributed by atoms with van der Waals surface area (Å²) in [6.07, 6.45) is 0.509. The Hall–Kier alpha value is -2.50. The van der Waals surface area contributed by atoms with E-state index in [-0.39, 0.29) is 11.3 Å². The van der Waals surface area contributed by atoms with E-state index in [2.05, 4.69) is 11.3 Å². The molecule has 6 heteroatoms. The molecule has 1 aromatic rings. The van der Waals surface area contributed by atoms with Gasteiger partial charge in [0.15, 0.2) is 5.78 Å². The highest BCUT2D eigenvalue weighted by Gasteiger charge is 2.13. The lowest BCUT2D eigenvalue weighted by Crippen LogP contribution is -2.09. The summed E-state index contributed by atoms with van der Waals surface area (Å²) in [6, 6.07) is 4.99. The van der Waals surface area contributed by atoms with Crippen LogP contribution in [0, 0.1) is 10.1 Å². The van der Waals surface area contributed by atoms with Crippen molar-refractivity contribution in [3.8, 4) is 0 Å². The molecule has 1 aromatic carbocycles. The van der Waals surface area contributed by atoms with Crippen molar-refractivity contribution in [2.75, 3.05) is 0 Å². The Morgan fingerprint density at radius 2 is 1.94 bits per heavy atom. The minimum atomic E-state index is -0.719.